The highest BCUT2D eigenvalue weighted by molar-refractivity contribution is 5.92. The monoisotopic (exact) mass is 557 g/mol. The minimum Gasteiger partial charge on any atom is -0.444 e. The summed E-state index contributed by atoms with van der Waals surface area (Å²) in [5.74, 6) is -0.168. The van der Waals surface area contributed by atoms with Gasteiger partial charge in [-0.3, -0.25) is 9.59 Å². The maximum absolute atomic E-state index is 14.5. The zero-order valence-corrected chi connectivity index (χ0v) is 26.7. The highest BCUT2D eigenvalue weighted by atomic mass is 16.6. The van der Waals surface area contributed by atoms with Crippen molar-refractivity contribution in [2.24, 2.45) is 11.8 Å². The Morgan fingerprint density at radius 1 is 0.925 bits per heavy atom. The van der Waals surface area contributed by atoms with E-state index in [0.717, 1.165) is 55.2 Å². The molecular weight excluding hydrogens is 502 g/mol. The topological polar surface area (TPSA) is 87.7 Å². The molecule has 3 atom stereocenters. The Morgan fingerprint density at radius 2 is 1.50 bits per heavy atom. The lowest BCUT2D eigenvalue weighted by Gasteiger charge is -2.40. The summed E-state index contributed by atoms with van der Waals surface area (Å²) < 4.78 is 5.51. The van der Waals surface area contributed by atoms with E-state index in [-0.39, 0.29) is 29.8 Å². The molecule has 226 valence electrons. The number of carbonyl (C=O) groups excluding carboxylic acids is 3. The number of hydrogen-bond acceptors (Lipinski definition) is 4. The molecule has 3 unspecified atom stereocenters. The predicted molar refractivity (Wildman–Crippen MR) is 162 cm³/mol. The second kappa shape index (κ2) is 14.9. The summed E-state index contributed by atoms with van der Waals surface area (Å²) in [5.41, 5.74) is 2.19. The van der Waals surface area contributed by atoms with Crippen LogP contribution in [0.3, 0.4) is 0 Å². The lowest BCUT2D eigenvalue weighted by atomic mass is 9.92. The lowest BCUT2D eigenvalue weighted by Crippen LogP contribution is -2.57. The Labute approximate surface area is 243 Å². The number of alkyl carbamates (subject to hydrolysis) is 1. The van der Waals surface area contributed by atoms with Gasteiger partial charge in [0, 0.05) is 12.1 Å². The first-order valence-corrected chi connectivity index (χ1v) is 15.3. The maximum Gasteiger partial charge on any atom is 0.408 e. The van der Waals surface area contributed by atoms with Crippen molar-refractivity contribution < 1.29 is 19.1 Å². The molecule has 2 N–H and O–H groups in total. The van der Waals surface area contributed by atoms with Gasteiger partial charge in [0.2, 0.25) is 11.8 Å². The van der Waals surface area contributed by atoms with E-state index in [2.05, 4.69) is 30.5 Å². The van der Waals surface area contributed by atoms with Gasteiger partial charge in [0.1, 0.15) is 17.7 Å². The quantitative estimate of drug-likeness (QED) is 0.307. The summed E-state index contributed by atoms with van der Waals surface area (Å²) in [6.45, 7) is 19.6. The Hall–Kier alpha value is -2.57. The number of nitrogens with one attached hydrogen (secondary N) is 2. The smallest absolute Gasteiger partial charge is 0.408 e. The summed E-state index contributed by atoms with van der Waals surface area (Å²) in [6.07, 6.45) is 6.33. The van der Waals surface area contributed by atoms with Crippen LogP contribution in [0.25, 0.3) is 0 Å². The summed E-state index contributed by atoms with van der Waals surface area (Å²) in [4.78, 5) is 43.3. The first-order chi connectivity index (χ1) is 18.6. The summed E-state index contributed by atoms with van der Waals surface area (Å²) >= 11 is 0. The molecule has 2 rings (SSSR count). The number of hydrogen-bond donors (Lipinski definition) is 2. The van der Waals surface area contributed by atoms with Gasteiger partial charge in [-0.2, -0.15) is 0 Å². The van der Waals surface area contributed by atoms with E-state index < -0.39 is 23.8 Å². The highest BCUT2D eigenvalue weighted by Crippen LogP contribution is 2.30. The molecule has 0 aliphatic heterocycles. The average Bonchev–Trinajstić information content (AvgIpc) is 2.82. The fraction of sp³-hybridized carbons (Fsp3) is 0.727. The van der Waals surface area contributed by atoms with Crippen molar-refractivity contribution in [1.29, 1.82) is 0 Å². The first-order valence-electron chi connectivity index (χ1n) is 15.3. The van der Waals surface area contributed by atoms with Crippen molar-refractivity contribution >= 4 is 17.9 Å². The van der Waals surface area contributed by atoms with E-state index in [9.17, 15) is 14.4 Å². The van der Waals surface area contributed by atoms with E-state index in [1.165, 1.54) is 6.42 Å². The van der Waals surface area contributed by atoms with Gasteiger partial charge < -0.3 is 20.3 Å². The Morgan fingerprint density at radius 3 is 2.00 bits per heavy atom. The minimum atomic E-state index is -0.841. The second-order valence-corrected chi connectivity index (χ2v) is 13.6. The van der Waals surface area contributed by atoms with Gasteiger partial charge in [0.25, 0.3) is 0 Å². The molecule has 7 heteroatoms. The van der Waals surface area contributed by atoms with Crippen molar-refractivity contribution in [1.82, 2.24) is 15.5 Å². The number of amides is 3. The Kier molecular flexibility index (Phi) is 12.5. The van der Waals surface area contributed by atoms with Gasteiger partial charge in [-0.25, -0.2) is 4.79 Å². The molecule has 7 nitrogen and oxygen atoms in total. The molecule has 0 aromatic heterocycles. The van der Waals surface area contributed by atoms with Crippen LogP contribution in [-0.2, 0) is 14.3 Å². The molecule has 0 saturated heterocycles. The molecule has 1 fully saturated rings. The van der Waals surface area contributed by atoms with Crippen molar-refractivity contribution in [2.45, 2.75) is 144 Å². The van der Waals surface area contributed by atoms with Crippen LogP contribution in [0, 0.1) is 25.7 Å². The Bertz CT molecular complexity index is 972. The van der Waals surface area contributed by atoms with Gasteiger partial charge in [-0.15, -0.1) is 0 Å². The highest BCUT2D eigenvalue weighted by Gasteiger charge is 2.40. The van der Waals surface area contributed by atoms with Crippen LogP contribution in [0.1, 0.15) is 123 Å². The molecule has 1 aromatic carbocycles. The average molecular weight is 558 g/mol. The van der Waals surface area contributed by atoms with Gasteiger partial charge >= 0.3 is 6.09 Å². The normalized spacial score (nSPS) is 16.8. The van der Waals surface area contributed by atoms with E-state index in [1.54, 1.807) is 25.7 Å². The van der Waals surface area contributed by atoms with Crippen LogP contribution in [0.5, 0.6) is 0 Å². The van der Waals surface area contributed by atoms with Crippen molar-refractivity contribution in [2.75, 3.05) is 0 Å². The second-order valence-electron chi connectivity index (χ2n) is 13.6. The number of benzene rings is 1. The lowest BCUT2D eigenvalue weighted by molar-refractivity contribution is -0.146. The molecule has 0 bridgehead atoms. The summed E-state index contributed by atoms with van der Waals surface area (Å²) in [7, 11) is 0. The summed E-state index contributed by atoms with van der Waals surface area (Å²) in [5, 5.41) is 6.14. The van der Waals surface area contributed by atoms with E-state index in [4.69, 9.17) is 4.74 Å². The molecule has 1 aromatic rings. The SMILES string of the molecule is Cc1cc(C)cc(C(C(=O)NC2CCCCC2)N(C(=O)C(NC(=O)OC(C)(C)C)C(C)C)C(C)CCC(C)C)c1. The van der Waals surface area contributed by atoms with Crippen molar-refractivity contribution in [3.8, 4) is 0 Å². The first kappa shape index (κ1) is 33.6. The van der Waals surface area contributed by atoms with E-state index in [0.29, 0.717) is 5.92 Å². The molecule has 1 aliphatic carbocycles. The standard InChI is InChI=1S/C33H55N3O4/c1-21(2)16-17-25(7)36(31(38)28(22(3)4)35-32(39)40-33(8,9)10)29(26-19-23(5)18-24(6)20-26)30(37)34-27-14-12-11-13-15-27/h18-22,25,27-29H,11-17H2,1-10H3,(H,34,37)(H,35,39). The van der Waals surface area contributed by atoms with Crippen LogP contribution < -0.4 is 10.6 Å². The van der Waals surface area contributed by atoms with Gasteiger partial charge in [-0.1, -0.05) is 76.3 Å². The number of carbonyl (C=O) groups is 3. The third kappa shape index (κ3) is 10.4. The molecular formula is C33H55N3O4. The van der Waals surface area contributed by atoms with Crippen LogP contribution >= 0.6 is 0 Å². The maximum atomic E-state index is 14.5. The van der Waals surface area contributed by atoms with Gasteiger partial charge in [-0.05, 0) is 84.6 Å². The fourth-order valence-corrected chi connectivity index (χ4v) is 5.55. The number of ether oxygens (including phenoxy) is 1. The van der Waals surface area contributed by atoms with Crippen LogP contribution in [0.4, 0.5) is 4.79 Å². The van der Waals surface area contributed by atoms with Gasteiger partial charge in [0.05, 0.1) is 0 Å². The third-order valence-corrected chi connectivity index (χ3v) is 7.53. The van der Waals surface area contributed by atoms with Crippen molar-refractivity contribution in [3.63, 3.8) is 0 Å². The zero-order chi connectivity index (χ0) is 30.2. The molecule has 0 heterocycles. The molecule has 1 saturated carbocycles. The molecule has 0 radical (unpaired) electrons. The van der Waals surface area contributed by atoms with Crippen molar-refractivity contribution in [3.05, 3.63) is 34.9 Å². The fourth-order valence-electron chi connectivity index (χ4n) is 5.55. The predicted octanol–water partition coefficient (Wildman–Crippen LogP) is 7.00. The molecule has 3 amide bonds. The van der Waals surface area contributed by atoms with Gasteiger partial charge in [0.15, 0.2) is 0 Å². The molecule has 0 spiro atoms. The zero-order valence-electron chi connectivity index (χ0n) is 26.7. The largest absolute Gasteiger partial charge is 0.444 e. The van der Waals surface area contributed by atoms with Crippen LogP contribution in [0.2, 0.25) is 0 Å². The third-order valence-electron chi connectivity index (χ3n) is 7.53. The van der Waals surface area contributed by atoms with Crippen LogP contribution in [0.15, 0.2) is 18.2 Å². The Balaban J connectivity index is 2.59. The number of aryl methyl sites for hydroxylation is 2. The molecule has 40 heavy (non-hydrogen) atoms. The van der Waals surface area contributed by atoms with Crippen LogP contribution in [-0.4, -0.2) is 46.5 Å². The number of rotatable bonds is 11. The van der Waals surface area contributed by atoms with E-state index >= 15 is 0 Å². The number of nitrogens with zero attached hydrogens (tertiary/aromatic N) is 1. The molecule has 1 aliphatic rings. The summed E-state index contributed by atoms with van der Waals surface area (Å²) in [6, 6.07) is 4.34. The minimum absolute atomic E-state index is 0.110. The van der Waals surface area contributed by atoms with E-state index in [1.807, 2.05) is 46.8 Å².